The van der Waals surface area contributed by atoms with Crippen LogP contribution in [0.2, 0.25) is 0 Å². The van der Waals surface area contributed by atoms with Gasteiger partial charge in [0.15, 0.2) is 6.29 Å². The van der Waals surface area contributed by atoms with Crippen LogP contribution in [0, 0.1) is 12.7 Å². The summed E-state index contributed by atoms with van der Waals surface area (Å²) in [5.41, 5.74) is 2.11. The lowest BCUT2D eigenvalue weighted by atomic mass is 10.1. The van der Waals surface area contributed by atoms with Gasteiger partial charge in [-0.05, 0) is 30.7 Å². The van der Waals surface area contributed by atoms with Gasteiger partial charge in [0.25, 0.3) is 0 Å². The third-order valence-corrected chi connectivity index (χ3v) is 2.96. The number of aromatic nitrogens is 1. The second kappa shape index (κ2) is 3.90. The molecule has 1 aromatic heterocycles. The average Bonchev–Trinajstić information content (AvgIpc) is 2.66. The van der Waals surface area contributed by atoms with Gasteiger partial charge in [0.05, 0.1) is 0 Å². The number of nitrogens with zero attached hydrogens (tertiary/aromatic N) is 1. The van der Waals surface area contributed by atoms with E-state index in [0.29, 0.717) is 12.0 Å². The maximum absolute atomic E-state index is 12.9. The molecule has 0 aliphatic carbocycles. The lowest BCUT2D eigenvalue weighted by Gasteiger charge is -2.01. The minimum atomic E-state index is -0.261. The summed E-state index contributed by atoms with van der Waals surface area (Å²) in [4.78, 5) is 14.6. The number of thiazole rings is 1. The summed E-state index contributed by atoms with van der Waals surface area (Å²) < 4.78 is 12.9. The van der Waals surface area contributed by atoms with Crippen LogP contribution < -0.4 is 0 Å². The largest absolute Gasteiger partial charge is 0.296 e. The number of hydrogen-bond acceptors (Lipinski definition) is 3. The molecule has 0 N–H and O–H groups in total. The molecule has 76 valence electrons. The molecule has 1 aromatic carbocycles. The van der Waals surface area contributed by atoms with Crippen LogP contribution in [0.4, 0.5) is 4.39 Å². The summed E-state index contributed by atoms with van der Waals surface area (Å²) in [6, 6.07) is 4.53. The molecule has 0 unspecified atom stereocenters. The summed E-state index contributed by atoms with van der Waals surface area (Å²) in [5.74, 6) is -0.261. The molecule has 0 radical (unpaired) electrons. The molecule has 0 saturated heterocycles. The SMILES string of the molecule is Cc1cc(F)ccc1-c1nc(C=O)cs1. The summed E-state index contributed by atoms with van der Waals surface area (Å²) in [6.45, 7) is 1.82. The van der Waals surface area contributed by atoms with Crippen molar-refractivity contribution in [2.24, 2.45) is 0 Å². The summed E-state index contributed by atoms with van der Waals surface area (Å²) in [5, 5.41) is 2.43. The average molecular weight is 221 g/mol. The predicted molar refractivity (Wildman–Crippen MR) is 57.6 cm³/mol. The Labute approximate surface area is 90.4 Å². The van der Waals surface area contributed by atoms with Crippen LogP contribution in [0.5, 0.6) is 0 Å². The quantitative estimate of drug-likeness (QED) is 0.729. The van der Waals surface area contributed by atoms with Crippen molar-refractivity contribution >= 4 is 17.6 Å². The first-order valence-electron chi connectivity index (χ1n) is 4.38. The molecular formula is C11H8FNOS. The smallest absolute Gasteiger partial charge is 0.169 e. The van der Waals surface area contributed by atoms with Crippen molar-refractivity contribution in [2.75, 3.05) is 0 Å². The molecule has 0 bridgehead atoms. The topological polar surface area (TPSA) is 30.0 Å². The van der Waals surface area contributed by atoms with Gasteiger partial charge in [-0.3, -0.25) is 4.79 Å². The van der Waals surface area contributed by atoms with Gasteiger partial charge >= 0.3 is 0 Å². The number of aryl methyl sites for hydroxylation is 1. The second-order valence-corrected chi connectivity index (χ2v) is 4.01. The van der Waals surface area contributed by atoms with Crippen LogP contribution >= 0.6 is 11.3 Å². The Hall–Kier alpha value is -1.55. The molecule has 0 saturated carbocycles. The lowest BCUT2D eigenvalue weighted by molar-refractivity contribution is 0.111. The number of aldehydes is 1. The highest BCUT2D eigenvalue weighted by molar-refractivity contribution is 7.13. The van der Waals surface area contributed by atoms with Crippen LogP contribution in [0.1, 0.15) is 16.1 Å². The molecule has 2 nitrogen and oxygen atoms in total. The van der Waals surface area contributed by atoms with Gasteiger partial charge in [0.1, 0.15) is 16.5 Å². The van der Waals surface area contributed by atoms with E-state index >= 15 is 0 Å². The Morgan fingerprint density at radius 2 is 2.27 bits per heavy atom. The summed E-state index contributed by atoms with van der Waals surface area (Å²) in [7, 11) is 0. The summed E-state index contributed by atoms with van der Waals surface area (Å²) >= 11 is 1.38. The highest BCUT2D eigenvalue weighted by Crippen LogP contribution is 2.26. The molecule has 2 rings (SSSR count). The van der Waals surface area contributed by atoms with Gasteiger partial charge < -0.3 is 0 Å². The first kappa shape index (κ1) is 9.98. The van der Waals surface area contributed by atoms with Gasteiger partial charge in [-0.15, -0.1) is 11.3 Å². The van der Waals surface area contributed by atoms with E-state index in [9.17, 15) is 9.18 Å². The Balaban J connectivity index is 2.49. The molecule has 0 fully saturated rings. The van der Waals surface area contributed by atoms with Crippen molar-refractivity contribution in [1.82, 2.24) is 4.98 Å². The number of carbonyl (C=O) groups is 1. The number of benzene rings is 1. The van der Waals surface area contributed by atoms with E-state index in [0.717, 1.165) is 16.1 Å². The van der Waals surface area contributed by atoms with Crippen LogP contribution in [0.15, 0.2) is 23.6 Å². The van der Waals surface area contributed by atoms with Gasteiger partial charge in [-0.1, -0.05) is 0 Å². The number of carbonyl (C=O) groups excluding carboxylic acids is 1. The fourth-order valence-corrected chi connectivity index (χ4v) is 2.19. The molecular weight excluding hydrogens is 213 g/mol. The second-order valence-electron chi connectivity index (χ2n) is 3.15. The van der Waals surface area contributed by atoms with Crippen molar-refractivity contribution in [3.05, 3.63) is 40.7 Å². The van der Waals surface area contributed by atoms with E-state index in [1.165, 1.54) is 23.5 Å². The molecule has 15 heavy (non-hydrogen) atoms. The maximum Gasteiger partial charge on any atom is 0.169 e. The first-order chi connectivity index (χ1) is 7.20. The van der Waals surface area contributed by atoms with Crippen LogP contribution in [0.25, 0.3) is 10.6 Å². The third-order valence-electron chi connectivity index (χ3n) is 2.06. The van der Waals surface area contributed by atoms with Crippen molar-refractivity contribution in [1.29, 1.82) is 0 Å². The molecule has 0 spiro atoms. The zero-order valence-electron chi connectivity index (χ0n) is 8.03. The Bertz CT molecular complexity index is 507. The number of hydrogen-bond donors (Lipinski definition) is 0. The van der Waals surface area contributed by atoms with E-state index < -0.39 is 0 Å². The Morgan fingerprint density at radius 3 is 2.87 bits per heavy atom. The fraction of sp³-hybridized carbons (Fsp3) is 0.0909. The standard InChI is InChI=1S/C11H8FNOS/c1-7-4-8(12)2-3-10(7)11-13-9(5-14)6-15-11/h2-6H,1H3. The number of halogens is 1. The van der Waals surface area contributed by atoms with Crippen molar-refractivity contribution in [2.45, 2.75) is 6.92 Å². The number of rotatable bonds is 2. The van der Waals surface area contributed by atoms with Crippen molar-refractivity contribution in [3.8, 4) is 10.6 Å². The Morgan fingerprint density at radius 1 is 1.47 bits per heavy atom. The minimum absolute atomic E-state index is 0.261. The van der Waals surface area contributed by atoms with E-state index in [1.54, 1.807) is 11.4 Å². The maximum atomic E-state index is 12.9. The monoisotopic (exact) mass is 221 g/mol. The Kier molecular flexibility index (Phi) is 2.60. The summed E-state index contributed by atoms with van der Waals surface area (Å²) in [6.07, 6.45) is 0.707. The van der Waals surface area contributed by atoms with E-state index in [1.807, 2.05) is 6.92 Å². The van der Waals surface area contributed by atoms with Crippen molar-refractivity contribution < 1.29 is 9.18 Å². The molecule has 0 atom stereocenters. The molecule has 0 aliphatic heterocycles. The molecule has 4 heteroatoms. The molecule has 1 heterocycles. The zero-order chi connectivity index (χ0) is 10.8. The van der Waals surface area contributed by atoms with E-state index in [2.05, 4.69) is 4.98 Å². The van der Waals surface area contributed by atoms with Gasteiger partial charge in [-0.2, -0.15) is 0 Å². The van der Waals surface area contributed by atoms with Gasteiger partial charge in [-0.25, -0.2) is 9.37 Å². The molecule has 0 aliphatic rings. The third kappa shape index (κ3) is 1.94. The normalized spacial score (nSPS) is 10.3. The van der Waals surface area contributed by atoms with Gasteiger partial charge in [0, 0.05) is 10.9 Å². The van der Waals surface area contributed by atoms with Gasteiger partial charge in [0.2, 0.25) is 0 Å². The highest BCUT2D eigenvalue weighted by Gasteiger charge is 2.07. The molecule has 2 aromatic rings. The predicted octanol–water partition coefficient (Wildman–Crippen LogP) is 3.07. The van der Waals surface area contributed by atoms with E-state index in [4.69, 9.17) is 0 Å². The fourth-order valence-electron chi connectivity index (χ4n) is 1.33. The lowest BCUT2D eigenvalue weighted by Crippen LogP contribution is -1.85. The van der Waals surface area contributed by atoms with Crippen LogP contribution in [-0.4, -0.2) is 11.3 Å². The van der Waals surface area contributed by atoms with Crippen LogP contribution in [0.3, 0.4) is 0 Å². The van der Waals surface area contributed by atoms with E-state index in [-0.39, 0.29) is 5.82 Å². The minimum Gasteiger partial charge on any atom is -0.296 e. The zero-order valence-corrected chi connectivity index (χ0v) is 8.84. The van der Waals surface area contributed by atoms with Crippen molar-refractivity contribution in [3.63, 3.8) is 0 Å². The highest BCUT2D eigenvalue weighted by atomic mass is 32.1. The van der Waals surface area contributed by atoms with Crippen LogP contribution in [-0.2, 0) is 0 Å². The molecule has 0 amide bonds. The first-order valence-corrected chi connectivity index (χ1v) is 5.26.